The maximum absolute atomic E-state index is 5.36. The molecule has 19 heavy (non-hydrogen) atoms. The minimum atomic E-state index is 0.292. The van der Waals surface area contributed by atoms with Crippen molar-refractivity contribution in [3.63, 3.8) is 0 Å². The lowest BCUT2D eigenvalue weighted by Gasteiger charge is -2.39. The highest BCUT2D eigenvalue weighted by molar-refractivity contribution is 5.53. The lowest BCUT2D eigenvalue weighted by Crippen LogP contribution is -2.47. The number of nitrogens with one attached hydrogen (secondary N) is 1. The topological polar surface area (TPSA) is 39.7 Å². The summed E-state index contributed by atoms with van der Waals surface area (Å²) in [6.45, 7) is 3.09. The van der Waals surface area contributed by atoms with Crippen molar-refractivity contribution < 1.29 is 14.2 Å². The van der Waals surface area contributed by atoms with Gasteiger partial charge in [-0.15, -0.1) is 0 Å². The van der Waals surface area contributed by atoms with Crippen LogP contribution in [-0.2, 0) is 6.54 Å². The Morgan fingerprint density at radius 3 is 2.00 bits per heavy atom. The molecule has 0 bridgehead atoms. The number of hydrogen-bond acceptors (Lipinski definition) is 4. The van der Waals surface area contributed by atoms with Crippen LogP contribution in [0.15, 0.2) is 12.1 Å². The first kappa shape index (κ1) is 14.0. The summed E-state index contributed by atoms with van der Waals surface area (Å²) >= 11 is 0. The van der Waals surface area contributed by atoms with Crippen LogP contribution in [0.25, 0.3) is 0 Å². The van der Waals surface area contributed by atoms with Crippen LogP contribution in [-0.4, -0.2) is 26.9 Å². The van der Waals surface area contributed by atoms with Gasteiger partial charge >= 0.3 is 0 Å². The van der Waals surface area contributed by atoms with Gasteiger partial charge in [0.15, 0.2) is 11.5 Å². The van der Waals surface area contributed by atoms with E-state index in [0.717, 1.165) is 12.1 Å². The second-order valence-corrected chi connectivity index (χ2v) is 5.30. The molecular weight excluding hydrogens is 242 g/mol. The van der Waals surface area contributed by atoms with Crippen molar-refractivity contribution >= 4 is 0 Å². The van der Waals surface area contributed by atoms with Gasteiger partial charge in [0.25, 0.3) is 0 Å². The number of rotatable bonds is 6. The van der Waals surface area contributed by atoms with Gasteiger partial charge in [0.05, 0.1) is 21.3 Å². The summed E-state index contributed by atoms with van der Waals surface area (Å²) in [6, 6.07) is 3.99. The molecule has 1 aromatic carbocycles. The number of ether oxygens (including phenoxy) is 3. The van der Waals surface area contributed by atoms with Crippen LogP contribution in [0.4, 0.5) is 0 Å². The van der Waals surface area contributed by atoms with E-state index in [4.69, 9.17) is 14.2 Å². The van der Waals surface area contributed by atoms with E-state index in [-0.39, 0.29) is 0 Å². The van der Waals surface area contributed by atoms with Gasteiger partial charge in [0, 0.05) is 12.1 Å². The summed E-state index contributed by atoms with van der Waals surface area (Å²) in [5.74, 6) is 2.05. The number of methoxy groups -OCH3 is 3. The Labute approximate surface area is 115 Å². The monoisotopic (exact) mass is 265 g/mol. The fourth-order valence-electron chi connectivity index (χ4n) is 2.44. The Bertz CT molecular complexity index is 416. The quantitative estimate of drug-likeness (QED) is 0.858. The molecular formula is C15H23NO3. The Morgan fingerprint density at radius 1 is 1.05 bits per heavy atom. The van der Waals surface area contributed by atoms with E-state index < -0.39 is 0 Å². The van der Waals surface area contributed by atoms with Crippen molar-refractivity contribution in [1.29, 1.82) is 0 Å². The zero-order chi connectivity index (χ0) is 13.9. The van der Waals surface area contributed by atoms with E-state index in [9.17, 15) is 0 Å². The first-order chi connectivity index (χ1) is 9.11. The summed E-state index contributed by atoms with van der Waals surface area (Å²) in [4.78, 5) is 0. The van der Waals surface area contributed by atoms with E-state index in [1.54, 1.807) is 21.3 Å². The molecule has 0 saturated heterocycles. The van der Waals surface area contributed by atoms with Crippen molar-refractivity contribution in [1.82, 2.24) is 5.32 Å². The van der Waals surface area contributed by atoms with E-state index in [2.05, 4.69) is 12.2 Å². The van der Waals surface area contributed by atoms with Gasteiger partial charge in [0.1, 0.15) is 0 Å². The van der Waals surface area contributed by atoms with Crippen LogP contribution in [0.3, 0.4) is 0 Å². The van der Waals surface area contributed by atoms with Crippen LogP contribution in [0.2, 0.25) is 0 Å². The highest BCUT2D eigenvalue weighted by atomic mass is 16.5. The molecule has 0 atom stereocenters. The summed E-state index contributed by atoms with van der Waals surface area (Å²) in [5, 5.41) is 3.60. The Balaban J connectivity index is 2.16. The molecule has 4 nitrogen and oxygen atoms in total. The number of benzene rings is 1. The third-order valence-corrected chi connectivity index (χ3v) is 3.90. The van der Waals surface area contributed by atoms with Crippen LogP contribution >= 0.6 is 0 Å². The molecule has 0 heterocycles. The zero-order valence-corrected chi connectivity index (χ0v) is 12.2. The van der Waals surface area contributed by atoms with Gasteiger partial charge in [-0.25, -0.2) is 0 Å². The van der Waals surface area contributed by atoms with Gasteiger partial charge in [-0.1, -0.05) is 0 Å². The Morgan fingerprint density at radius 2 is 1.63 bits per heavy atom. The summed E-state index contributed by atoms with van der Waals surface area (Å²) < 4.78 is 16.0. The third-order valence-electron chi connectivity index (χ3n) is 3.90. The summed E-state index contributed by atoms with van der Waals surface area (Å²) in [6.07, 6.45) is 3.81. The standard InChI is InChI=1S/C15H23NO3/c1-15(6-5-7-15)16-10-11-8-12(17-2)14(19-4)13(9-11)18-3/h8-9,16H,5-7,10H2,1-4H3. The molecule has 0 radical (unpaired) electrons. The Kier molecular flexibility index (Phi) is 4.20. The minimum absolute atomic E-state index is 0.292. The summed E-state index contributed by atoms with van der Waals surface area (Å²) in [7, 11) is 4.90. The second kappa shape index (κ2) is 5.70. The van der Waals surface area contributed by atoms with E-state index in [1.165, 1.54) is 19.3 Å². The van der Waals surface area contributed by atoms with Gasteiger partial charge in [-0.05, 0) is 43.9 Å². The molecule has 1 aromatic rings. The normalized spacial score (nSPS) is 16.6. The minimum Gasteiger partial charge on any atom is -0.493 e. The molecule has 1 fully saturated rings. The van der Waals surface area contributed by atoms with Crippen LogP contribution in [0.5, 0.6) is 17.2 Å². The molecule has 4 heteroatoms. The molecule has 106 valence electrons. The fraction of sp³-hybridized carbons (Fsp3) is 0.600. The molecule has 1 saturated carbocycles. The molecule has 2 rings (SSSR count). The van der Waals surface area contributed by atoms with Gasteiger partial charge in [0.2, 0.25) is 5.75 Å². The van der Waals surface area contributed by atoms with Crippen LogP contribution < -0.4 is 19.5 Å². The first-order valence-corrected chi connectivity index (χ1v) is 6.66. The Hall–Kier alpha value is -1.42. The predicted octanol–water partition coefficient (Wildman–Crippen LogP) is 2.74. The first-order valence-electron chi connectivity index (χ1n) is 6.66. The molecule has 1 aliphatic rings. The van der Waals surface area contributed by atoms with Crippen molar-refractivity contribution in [3.05, 3.63) is 17.7 Å². The van der Waals surface area contributed by atoms with E-state index in [0.29, 0.717) is 22.8 Å². The summed E-state index contributed by atoms with van der Waals surface area (Å²) in [5.41, 5.74) is 1.43. The van der Waals surface area contributed by atoms with Crippen molar-refractivity contribution in [2.24, 2.45) is 0 Å². The van der Waals surface area contributed by atoms with E-state index in [1.807, 2.05) is 12.1 Å². The fourth-order valence-corrected chi connectivity index (χ4v) is 2.44. The number of hydrogen-bond donors (Lipinski definition) is 1. The third kappa shape index (κ3) is 2.95. The van der Waals surface area contributed by atoms with Crippen molar-refractivity contribution in [3.8, 4) is 17.2 Å². The lowest BCUT2D eigenvalue weighted by molar-refractivity contribution is 0.206. The SMILES string of the molecule is COc1cc(CNC2(C)CCC2)cc(OC)c1OC. The van der Waals surface area contributed by atoms with Gasteiger partial charge < -0.3 is 19.5 Å². The van der Waals surface area contributed by atoms with Crippen molar-refractivity contribution in [2.45, 2.75) is 38.3 Å². The maximum atomic E-state index is 5.36. The maximum Gasteiger partial charge on any atom is 0.203 e. The smallest absolute Gasteiger partial charge is 0.203 e. The zero-order valence-electron chi connectivity index (χ0n) is 12.2. The molecule has 1 N–H and O–H groups in total. The van der Waals surface area contributed by atoms with Crippen molar-refractivity contribution in [2.75, 3.05) is 21.3 Å². The molecule has 0 aliphatic heterocycles. The second-order valence-electron chi connectivity index (χ2n) is 5.30. The van der Waals surface area contributed by atoms with Gasteiger partial charge in [-0.3, -0.25) is 0 Å². The molecule has 0 unspecified atom stereocenters. The lowest BCUT2D eigenvalue weighted by atomic mass is 9.78. The van der Waals surface area contributed by atoms with E-state index >= 15 is 0 Å². The molecule has 0 aromatic heterocycles. The molecule has 1 aliphatic carbocycles. The highest BCUT2D eigenvalue weighted by Crippen LogP contribution is 2.38. The van der Waals surface area contributed by atoms with Gasteiger partial charge in [-0.2, -0.15) is 0 Å². The predicted molar refractivity (Wildman–Crippen MR) is 75.2 cm³/mol. The van der Waals surface area contributed by atoms with Crippen LogP contribution in [0.1, 0.15) is 31.7 Å². The largest absolute Gasteiger partial charge is 0.493 e. The van der Waals surface area contributed by atoms with Crippen LogP contribution in [0, 0.1) is 0 Å². The average Bonchev–Trinajstić information content (AvgIpc) is 2.41. The average molecular weight is 265 g/mol. The molecule has 0 spiro atoms. The molecule has 0 amide bonds. The highest BCUT2D eigenvalue weighted by Gasteiger charge is 2.30.